The fourth-order valence-corrected chi connectivity index (χ4v) is 2.56. The highest BCUT2D eigenvalue weighted by atomic mass is 32.2. The molecule has 104 valence electrons. The number of hydrogen-bond donors (Lipinski definition) is 1. The summed E-state index contributed by atoms with van der Waals surface area (Å²) in [7, 11) is 0. The van der Waals surface area contributed by atoms with Crippen LogP contribution in [0.3, 0.4) is 0 Å². The number of rotatable bonds is 3. The Morgan fingerprint density at radius 3 is 2.68 bits per heavy atom. The second-order valence-corrected chi connectivity index (χ2v) is 7.74. The average molecular weight is 280 g/mol. The fraction of sp³-hybridized carbons (Fsp3) is 0.500. The van der Waals surface area contributed by atoms with Crippen molar-refractivity contribution >= 4 is 22.3 Å². The van der Waals surface area contributed by atoms with Crippen LogP contribution in [-0.4, -0.2) is 14.5 Å². The van der Waals surface area contributed by atoms with Crippen LogP contribution in [0.2, 0.25) is 0 Å². The van der Waals surface area contributed by atoms with Crippen LogP contribution in [0.4, 0.5) is 0 Å². The van der Waals surface area contributed by atoms with Gasteiger partial charge in [0.2, 0.25) is 0 Å². The minimum atomic E-state index is -1.09. The zero-order valence-corrected chi connectivity index (χ0v) is 12.8. The molecule has 0 fully saturated rings. The molecule has 0 radical (unpaired) electrons. The second-order valence-electron chi connectivity index (χ2n) is 5.74. The van der Waals surface area contributed by atoms with Gasteiger partial charge < -0.3 is 9.08 Å². The van der Waals surface area contributed by atoms with E-state index in [2.05, 4.69) is 9.88 Å². The van der Waals surface area contributed by atoms with Gasteiger partial charge >= 0.3 is 0 Å². The summed E-state index contributed by atoms with van der Waals surface area (Å²) in [5.41, 5.74) is 2.74. The summed E-state index contributed by atoms with van der Waals surface area (Å²) < 4.78 is 20.1. The lowest BCUT2D eigenvalue weighted by atomic mass is 10.1. The zero-order chi connectivity index (χ0) is 14.2. The van der Waals surface area contributed by atoms with E-state index in [9.17, 15) is 4.55 Å². The van der Waals surface area contributed by atoms with Gasteiger partial charge in [0.15, 0.2) is 5.58 Å². The van der Waals surface area contributed by atoms with E-state index >= 15 is 0 Å². The molecule has 0 spiro atoms. The van der Waals surface area contributed by atoms with E-state index in [1.807, 2.05) is 52.8 Å². The number of benzene rings is 1. The Hall–Kier alpha value is -1.04. The maximum absolute atomic E-state index is 12.1. The largest absolute Gasteiger partial charge is 0.598 e. The summed E-state index contributed by atoms with van der Waals surface area (Å²) in [6, 6.07) is 5.94. The lowest BCUT2D eigenvalue weighted by Crippen LogP contribution is -2.40. The van der Waals surface area contributed by atoms with E-state index in [1.165, 1.54) is 0 Å². The van der Waals surface area contributed by atoms with Crippen LogP contribution >= 0.6 is 0 Å². The van der Waals surface area contributed by atoms with Crippen molar-refractivity contribution in [2.75, 3.05) is 0 Å². The molecule has 0 saturated heterocycles. The Morgan fingerprint density at radius 2 is 2.05 bits per heavy atom. The number of aromatic nitrogens is 1. The average Bonchev–Trinajstić information content (AvgIpc) is 2.69. The minimum Gasteiger partial charge on any atom is -0.598 e. The Bertz CT molecular complexity index is 574. The summed E-state index contributed by atoms with van der Waals surface area (Å²) in [5.74, 6) is 0. The molecule has 1 unspecified atom stereocenters. The van der Waals surface area contributed by atoms with E-state index in [0.717, 1.165) is 22.2 Å². The number of fused-ring (bicyclic) bond motifs is 1. The molecule has 1 heterocycles. The van der Waals surface area contributed by atoms with Gasteiger partial charge in [-0.15, -0.1) is 4.72 Å². The topological polar surface area (TPSA) is 61.1 Å². The van der Waals surface area contributed by atoms with Crippen molar-refractivity contribution < 1.29 is 9.08 Å². The molecule has 1 aromatic carbocycles. The van der Waals surface area contributed by atoms with Gasteiger partial charge in [0.25, 0.3) is 0 Å². The molecule has 2 rings (SSSR count). The van der Waals surface area contributed by atoms with Gasteiger partial charge in [0.05, 0.1) is 11.7 Å². The monoisotopic (exact) mass is 280 g/mol. The third-order valence-corrected chi connectivity index (χ3v) is 4.69. The van der Waals surface area contributed by atoms with Crippen molar-refractivity contribution in [1.82, 2.24) is 9.88 Å². The molecule has 4 nitrogen and oxygen atoms in total. The minimum absolute atomic E-state index is 0.0127. The van der Waals surface area contributed by atoms with E-state index < -0.39 is 11.4 Å². The maximum Gasteiger partial charge on any atom is 0.167 e. The molecule has 1 N–H and O–H groups in total. The lowest BCUT2D eigenvalue weighted by molar-refractivity contribution is 0.450. The van der Waals surface area contributed by atoms with Gasteiger partial charge in [-0.05, 0) is 52.3 Å². The molecule has 0 saturated carbocycles. The quantitative estimate of drug-likeness (QED) is 0.877. The van der Waals surface area contributed by atoms with Crippen LogP contribution in [0.15, 0.2) is 22.7 Å². The van der Waals surface area contributed by atoms with Gasteiger partial charge in [-0.25, -0.2) is 0 Å². The third kappa shape index (κ3) is 3.11. The third-order valence-electron chi connectivity index (χ3n) is 3.01. The normalized spacial score (nSPS) is 15.7. The number of nitrogens with one attached hydrogen (secondary N) is 1. The van der Waals surface area contributed by atoms with Crippen molar-refractivity contribution in [3.8, 4) is 0 Å². The van der Waals surface area contributed by atoms with Crippen LogP contribution < -0.4 is 4.72 Å². The SMILES string of the molecule is Cc1noc2ccc([C@@H](C)N[S+]([O-])C(C)(C)C)cc12. The molecular formula is C14H20N2O2S. The standard InChI is InChI=1S/C14H20N2O2S/c1-9(16-19(17)14(3,4)5)11-6-7-13-12(8-11)10(2)15-18-13/h6-9,16H,1-5H3/t9-,19?/m1/s1. The van der Waals surface area contributed by atoms with Crippen LogP contribution in [-0.2, 0) is 11.4 Å². The summed E-state index contributed by atoms with van der Waals surface area (Å²) in [5, 5.41) is 4.95. The van der Waals surface area contributed by atoms with E-state index in [-0.39, 0.29) is 10.8 Å². The Labute approximate surface area is 116 Å². The molecule has 1 aromatic heterocycles. The Kier molecular flexibility index (Phi) is 3.90. The lowest BCUT2D eigenvalue weighted by Gasteiger charge is -2.26. The van der Waals surface area contributed by atoms with Gasteiger partial charge in [-0.3, -0.25) is 0 Å². The summed E-state index contributed by atoms with van der Waals surface area (Å²) >= 11 is -1.09. The highest BCUT2D eigenvalue weighted by Crippen LogP contribution is 2.24. The number of aryl methyl sites for hydroxylation is 1. The molecule has 0 amide bonds. The number of hydrogen-bond acceptors (Lipinski definition) is 4. The summed E-state index contributed by atoms with van der Waals surface area (Å²) in [4.78, 5) is 0. The predicted octanol–water partition coefficient (Wildman–Crippen LogP) is 3.25. The first-order valence-electron chi connectivity index (χ1n) is 6.33. The van der Waals surface area contributed by atoms with E-state index in [1.54, 1.807) is 0 Å². The molecule has 19 heavy (non-hydrogen) atoms. The van der Waals surface area contributed by atoms with Crippen LogP contribution in [0, 0.1) is 6.92 Å². The first kappa shape index (κ1) is 14.4. The molecule has 0 aliphatic rings. The van der Waals surface area contributed by atoms with Gasteiger partial charge in [0.1, 0.15) is 4.75 Å². The van der Waals surface area contributed by atoms with Crippen LogP contribution in [0.5, 0.6) is 0 Å². The second kappa shape index (κ2) is 5.15. The fourth-order valence-electron chi connectivity index (χ4n) is 1.75. The van der Waals surface area contributed by atoms with E-state index in [4.69, 9.17) is 4.52 Å². The van der Waals surface area contributed by atoms with Crippen molar-refractivity contribution in [3.05, 3.63) is 29.5 Å². The molecule has 5 heteroatoms. The van der Waals surface area contributed by atoms with Gasteiger partial charge in [0, 0.05) is 16.7 Å². The highest BCUT2D eigenvalue weighted by molar-refractivity contribution is 7.90. The predicted molar refractivity (Wildman–Crippen MR) is 78.2 cm³/mol. The first-order valence-corrected chi connectivity index (χ1v) is 7.48. The molecule has 2 atom stereocenters. The molecule has 0 bridgehead atoms. The van der Waals surface area contributed by atoms with Crippen molar-refractivity contribution in [1.29, 1.82) is 0 Å². The number of nitrogens with zero attached hydrogens (tertiary/aromatic N) is 1. The maximum atomic E-state index is 12.1. The van der Waals surface area contributed by atoms with E-state index in [0.29, 0.717) is 0 Å². The van der Waals surface area contributed by atoms with Gasteiger partial charge in [-0.1, -0.05) is 11.2 Å². The Balaban J connectivity index is 2.21. The molecule has 2 aromatic rings. The van der Waals surface area contributed by atoms with Crippen molar-refractivity contribution in [3.63, 3.8) is 0 Å². The molecule has 0 aliphatic carbocycles. The Morgan fingerprint density at radius 1 is 1.37 bits per heavy atom. The highest BCUT2D eigenvalue weighted by Gasteiger charge is 2.28. The van der Waals surface area contributed by atoms with Crippen molar-refractivity contribution in [2.45, 2.75) is 45.4 Å². The summed E-state index contributed by atoms with van der Waals surface area (Å²) in [6.07, 6.45) is 0. The van der Waals surface area contributed by atoms with Crippen molar-refractivity contribution in [2.24, 2.45) is 0 Å². The molecular weight excluding hydrogens is 260 g/mol. The van der Waals surface area contributed by atoms with Crippen LogP contribution in [0.1, 0.15) is 45.0 Å². The van der Waals surface area contributed by atoms with Gasteiger partial charge in [-0.2, -0.15) is 0 Å². The molecule has 0 aliphatic heterocycles. The van der Waals surface area contributed by atoms with Crippen LogP contribution in [0.25, 0.3) is 11.0 Å². The smallest absolute Gasteiger partial charge is 0.167 e. The zero-order valence-electron chi connectivity index (χ0n) is 12.0. The summed E-state index contributed by atoms with van der Waals surface area (Å²) in [6.45, 7) is 9.79. The first-order chi connectivity index (χ1) is 8.79.